The van der Waals surface area contributed by atoms with Crippen LogP contribution in [0.1, 0.15) is 45.0 Å². The van der Waals surface area contributed by atoms with E-state index in [1.807, 2.05) is 56.3 Å². The molecule has 1 aromatic heterocycles. The minimum Gasteiger partial charge on any atom is -0.444 e. The van der Waals surface area contributed by atoms with E-state index in [4.69, 9.17) is 16.3 Å². The van der Waals surface area contributed by atoms with Gasteiger partial charge in [0.05, 0.1) is 16.5 Å². The van der Waals surface area contributed by atoms with Gasteiger partial charge in [-0.05, 0) is 69.8 Å². The fraction of sp³-hybridized carbons (Fsp3) is 0.304. The van der Waals surface area contributed by atoms with Gasteiger partial charge < -0.3 is 10.1 Å². The molecule has 1 heterocycles. The van der Waals surface area contributed by atoms with E-state index in [1.165, 1.54) is 0 Å². The number of carbonyl (C=O) groups excluding carboxylic acids is 1. The van der Waals surface area contributed by atoms with E-state index in [-0.39, 0.29) is 5.56 Å². The number of benzene rings is 2. The molecule has 0 saturated heterocycles. The number of amides is 1. The van der Waals surface area contributed by atoms with Gasteiger partial charge >= 0.3 is 6.09 Å². The van der Waals surface area contributed by atoms with Crippen LogP contribution in [0.2, 0.25) is 5.02 Å². The van der Waals surface area contributed by atoms with Crippen LogP contribution in [-0.2, 0) is 4.74 Å². The number of hydrogen-bond donors (Lipinski definition) is 1. The van der Waals surface area contributed by atoms with E-state index in [1.54, 1.807) is 31.4 Å². The molecule has 3 aromatic rings. The van der Waals surface area contributed by atoms with Crippen molar-refractivity contribution in [1.29, 1.82) is 0 Å². The van der Waals surface area contributed by atoms with Gasteiger partial charge in [0, 0.05) is 11.4 Å². The van der Waals surface area contributed by atoms with E-state index in [9.17, 15) is 9.59 Å². The summed E-state index contributed by atoms with van der Waals surface area (Å²) in [4.78, 5) is 25.7. The van der Waals surface area contributed by atoms with Crippen LogP contribution in [0.3, 0.4) is 0 Å². The van der Waals surface area contributed by atoms with Gasteiger partial charge in [0.2, 0.25) is 0 Å². The Labute approximate surface area is 175 Å². The number of carbonyl (C=O) groups is 1. The molecule has 0 saturated carbocycles. The zero-order chi connectivity index (χ0) is 21.3. The molecule has 29 heavy (non-hydrogen) atoms. The Balaban J connectivity index is 2.19. The maximum Gasteiger partial charge on any atom is 0.408 e. The molecule has 0 spiro atoms. The van der Waals surface area contributed by atoms with Gasteiger partial charge in [-0.15, -0.1) is 0 Å². The normalized spacial score (nSPS) is 12.6. The van der Waals surface area contributed by atoms with E-state index in [0.29, 0.717) is 21.8 Å². The molecule has 0 aliphatic heterocycles. The summed E-state index contributed by atoms with van der Waals surface area (Å²) in [6.45, 7) is 9.16. The van der Waals surface area contributed by atoms with Crippen molar-refractivity contribution >= 4 is 28.5 Å². The standard InChI is InChI=1S/C23H25ClN2O3/c1-14-11-16-13-19(15(2)25-22(28)29-23(3,4)5)26(17-9-7-6-8-10-17)21(27)20(16)18(24)12-14/h6-13,15H,1-5H3,(H,25,28)/t15-/m0/s1. The first kappa shape index (κ1) is 20.9. The van der Waals surface area contributed by atoms with Gasteiger partial charge in [-0.25, -0.2) is 4.79 Å². The van der Waals surface area contributed by atoms with Gasteiger partial charge in [-0.1, -0.05) is 35.9 Å². The van der Waals surface area contributed by atoms with Crippen LogP contribution in [0.15, 0.2) is 53.3 Å². The van der Waals surface area contributed by atoms with Crippen LogP contribution < -0.4 is 10.9 Å². The smallest absolute Gasteiger partial charge is 0.408 e. The second-order valence-electron chi connectivity index (χ2n) is 8.12. The minimum atomic E-state index is -0.614. The number of pyridine rings is 1. The molecule has 6 heteroatoms. The summed E-state index contributed by atoms with van der Waals surface area (Å²) in [5.74, 6) is 0. The van der Waals surface area contributed by atoms with Crippen LogP contribution in [0.25, 0.3) is 16.5 Å². The summed E-state index contributed by atoms with van der Waals surface area (Å²) in [5, 5.41) is 4.43. The maximum atomic E-state index is 13.4. The number of halogens is 1. The van der Waals surface area contributed by atoms with Crippen LogP contribution >= 0.6 is 11.6 Å². The van der Waals surface area contributed by atoms with Crippen molar-refractivity contribution in [2.45, 2.75) is 46.3 Å². The molecule has 5 nitrogen and oxygen atoms in total. The van der Waals surface area contributed by atoms with Gasteiger partial charge in [-0.3, -0.25) is 9.36 Å². The number of aromatic nitrogens is 1. The van der Waals surface area contributed by atoms with Crippen LogP contribution in [0.4, 0.5) is 4.79 Å². The summed E-state index contributed by atoms with van der Waals surface area (Å²) in [5.41, 5.74) is 1.45. The lowest BCUT2D eigenvalue weighted by Gasteiger charge is -2.24. The zero-order valence-electron chi connectivity index (χ0n) is 17.2. The van der Waals surface area contributed by atoms with E-state index in [0.717, 1.165) is 10.9 Å². The molecule has 1 N–H and O–H groups in total. The van der Waals surface area contributed by atoms with Crippen LogP contribution in [0.5, 0.6) is 0 Å². The van der Waals surface area contributed by atoms with Gasteiger partial charge in [-0.2, -0.15) is 0 Å². The van der Waals surface area contributed by atoms with Crippen LogP contribution in [0, 0.1) is 6.92 Å². The number of fused-ring (bicyclic) bond motifs is 1. The van der Waals surface area contributed by atoms with Crippen molar-refractivity contribution < 1.29 is 9.53 Å². The number of para-hydroxylation sites is 1. The van der Waals surface area contributed by atoms with Crippen molar-refractivity contribution in [1.82, 2.24) is 9.88 Å². The second-order valence-corrected chi connectivity index (χ2v) is 8.53. The molecule has 0 unspecified atom stereocenters. The highest BCUT2D eigenvalue weighted by atomic mass is 35.5. The first-order valence-electron chi connectivity index (χ1n) is 9.47. The lowest BCUT2D eigenvalue weighted by molar-refractivity contribution is 0.0506. The molecule has 0 fully saturated rings. The molecule has 1 amide bonds. The molecule has 0 bridgehead atoms. The highest BCUT2D eigenvalue weighted by Gasteiger charge is 2.22. The van der Waals surface area contributed by atoms with Gasteiger partial charge in [0.15, 0.2) is 0 Å². The van der Waals surface area contributed by atoms with Crippen molar-refractivity contribution in [3.05, 3.63) is 75.2 Å². The third-order valence-electron chi connectivity index (χ3n) is 4.43. The van der Waals surface area contributed by atoms with Gasteiger partial charge in [0.1, 0.15) is 5.60 Å². The minimum absolute atomic E-state index is 0.230. The monoisotopic (exact) mass is 412 g/mol. The molecule has 3 rings (SSSR count). The number of hydrogen-bond acceptors (Lipinski definition) is 3. The number of alkyl carbamates (subject to hydrolysis) is 1. The Kier molecular flexibility index (Phi) is 5.71. The van der Waals surface area contributed by atoms with E-state index < -0.39 is 17.7 Å². The highest BCUT2D eigenvalue weighted by molar-refractivity contribution is 6.35. The number of nitrogens with zero attached hydrogens (tertiary/aromatic N) is 1. The lowest BCUT2D eigenvalue weighted by atomic mass is 10.0. The molecule has 1 atom stereocenters. The fourth-order valence-electron chi connectivity index (χ4n) is 3.28. The van der Waals surface area contributed by atoms with E-state index >= 15 is 0 Å². The largest absolute Gasteiger partial charge is 0.444 e. The predicted octanol–water partition coefficient (Wildman–Crippen LogP) is 5.54. The third kappa shape index (κ3) is 4.62. The Hall–Kier alpha value is -2.79. The number of nitrogens with one attached hydrogen (secondary N) is 1. The fourth-order valence-corrected chi connectivity index (χ4v) is 3.64. The number of rotatable bonds is 3. The average Bonchev–Trinajstić information content (AvgIpc) is 2.59. The molecule has 0 radical (unpaired) electrons. The topological polar surface area (TPSA) is 60.3 Å². The summed E-state index contributed by atoms with van der Waals surface area (Å²) in [7, 11) is 0. The Morgan fingerprint density at radius 2 is 1.79 bits per heavy atom. The average molecular weight is 413 g/mol. The summed E-state index contributed by atoms with van der Waals surface area (Å²) >= 11 is 6.41. The first-order chi connectivity index (χ1) is 13.6. The van der Waals surface area contributed by atoms with Crippen molar-refractivity contribution in [2.24, 2.45) is 0 Å². The summed E-state index contributed by atoms with van der Waals surface area (Å²) in [6.07, 6.45) is -0.542. The van der Waals surface area contributed by atoms with Gasteiger partial charge in [0.25, 0.3) is 5.56 Å². The highest BCUT2D eigenvalue weighted by Crippen LogP contribution is 2.27. The Morgan fingerprint density at radius 3 is 2.41 bits per heavy atom. The SMILES string of the molecule is Cc1cc(Cl)c2c(=O)n(-c3ccccc3)c([C@H](C)NC(=O)OC(C)(C)C)cc2c1. The van der Waals surface area contributed by atoms with Crippen molar-refractivity contribution in [2.75, 3.05) is 0 Å². The molecule has 0 aliphatic carbocycles. The summed E-state index contributed by atoms with van der Waals surface area (Å²) in [6, 6.07) is 14.4. The molecular formula is C23H25ClN2O3. The molecule has 0 aliphatic rings. The molecule has 2 aromatic carbocycles. The Morgan fingerprint density at radius 1 is 1.14 bits per heavy atom. The number of aryl methyl sites for hydroxylation is 1. The molecular weight excluding hydrogens is 388 g/mol. The predicted molar refractivity (Wildman–Crippen MR) is 117 cm³/mol. The van der Waals surface area contributed by atoms with Crippen molar-refractivity contribution in [3.8, 4) is 5.69 Å². The van der Waals surface area contributed by atoms with Crippen molar-refractivity contribution in [3.63, 3.8) is 0 Å². The lowest BCUT2D eigenvalue weighted by Crippen LogP contribution is -2.36. The maximum absolute atomic E-state index is 13.4. The summed E-state index contributed by atoms with van der Waals surface area (Å²) < 4.78 is 6.96. The number of ether oxygens (including phenoxy) is 1. The Bertz CT molecular complexity index is 1110. The van der Waals surface area contributed by atoms with Crippen LogP contribution in [-0.4, -0.2) is 16.3 Å². The third-order valence-corrected chi connectivity index (χ3v) is 4.73. The second kappa shape index (κ2) is 7.91. The quantitative estimate of drug-likeness (QED) is 0.614. The zero-order valence-corrected chi connectivity index (χ0v) is 18.0. The molecule has 152 valence electrons. The first-order valence-corrected chi connectivity index (χ1v) is 9.85. The van der Waals surface area contributed by atoms with E-state index in [2.05, 4.69) is 5.32 Å².